The van der Waals surface area contributed by atoms with E-state index in [1.165, 1.54) is 32.1 Å². The van der Waals surface area contributed by atoms with E-state index in [9.17, 15) is 14.4 Å². The molecule has 6 heteroatoms. The highest BCUT2D eigenvalue weighted by Gasteiger charge is 2.19. The van der Waals surface area contributed by atoms with E-state index < -0.39 is 6.10 Å². The largest absolute Gasteiger partial charge is 0.462 e. The van der Waals surface area contributed by atoms with Gasteiger partial charge in [-0.25, -0.2) is 0 Å². The van der Waals surface area contributed by atoms with E-state index in [-0.39, 0.29) is 37.5 Å². The first-order valence-electron chi connectivity index (χ1n) is 25.1. The molecule has 0 amide bonds. The second-order valence-corrected chi connectivity index (χ2v) is 16.1. The van der Waals surface area contributed by atoms with Gasteiger partial charge in [0.05, 0.1) is 0 Å². The summed E-state index contributed by atoms with van der Waals surface area (Å²) in [6.07, 6.45) is 68.9. The van der Waals surface area contributed by atoms with Crippen molar-refractivity contribution >= 4 is 17.9 Å². The lowest BCUT2D eigenvalue weighted by atomic mass is 10.1. The molecule has 0 aromatic carbocycles. The van der Waals surface area contributed by atoms with Crippen molar-refractivity contribution in [2.24, 2.45) is 0 Å². The molecule has 0 aliphatic rings. The predicted octanol–water partition coefficient (Wildman–Crippen LogP) is 16.5. The number of ether oxygens (including phenoxy) is 3. The standard InChI is InChI=1S/C57H90O6/c1-4-7-10-13-16-19-22-25-27-28-29-30-33-35-38-41-44-47-50-56(59)62-53-54(52-61-55(58)49-46-43-40-37-34-31-24-21-18-15-12-9-6-3)63-57(60)51-48-45-42-39-36-32-26-23-20-17-14-11-8-5-2/h8-9,11-12,15,17-18,20-22,24-32,34,54H,4-7,10,13-14,16,19,23,33,35-53H2,1-3H3/b11-8+,12-9+,18-15+,20-17+,24-21+,25-22+,28-27+,30-29+,32-26+,34-31+. The van der Waals surface area contributed by atoms with E-state index in [0.717, 1.165) is 128 Å². The fourth-order valence-electron chi connectivity index (χ4n) is 6.35. The van der Waals surface area contributed by atoms with Gasteiger partial charge in [0.25, 0.3) is 0 Å². The van der Waals surface area contributed by atoms with Gasteiger partial charge in [0.1, 0.15) is 13.2 Å². The van der Waals surface area contributed by atoms with Crippen molar-refractivity contribution in [1.82, 2.24) is 0 Å². The molecule has 1 unspecified atom stereocenters. The molecule has 0 fully saturated rings. The Bertz CT molecular complexity index is 1370. The molecule has 0 rings (SSSR count). The van der Waals surface area contributed by atoms with Gasteiger partial charge in [-0.15, -0.1) is 0 Å². The van der Waals surface area contributed by atoms with Gasteiger partial charge in [-0.2, -0.15) is 0 Å². The minimum atomic E-state index is -0.817. The van der Waals surface area contributed by atoms with Crippen LogP contribution in [-0.2, 0) is 28.6 Å². The van der Waals surface area contributed by atoms with Gasteiger partial charge in [-0.05, 0) is 96.3 Å². The molecule has 0 aliphatic carbocycles. The van der Waals surface area contributed by atoms with Crippen LogP contribution in [0.15, 0.2) is 122 Å². The highest BCUT2D eigenvalue weighted by molar-refractivity contribution is 5.71. The molecular formula is C57H90O6. The van der Waals surface area contributed by atoms with E-state index >= 15 is 0 Å². The van der Waals surface area contributed by atoms with Crippen LogP contribution < -0.4 is 0 Å². The highest BCUT2D eigenvalue weighted by Crippen LogP contribution is 2.12. The van der Waals surface area contributed by atoms with E-state index in [2.05, 4.69) is 106 Å². The molecule has 0 N–H and O–H groups in total. The number of hydrogen-bond acceptors (Lipinski definition) is 6. The van der Waals surface area contributed by atoms with Crippen molar-refractivity contribution in [3.63, 3.8) is 0 Å². The summed E-state index contributed by atoms with van der Waals surface area (Å²) in [6.45, 7) is 6.27. The van der Waals surface area contributed by atoms with Crippen molar-refractivity contribution in [2.45, 2.75) is 207 Å². The van der Waals surface area contributed by atoms with Crippen LogP contribution in [0.4, 0.5) is 0 Å². The minimum absolute atomic E-state index is 0.115. The number of rotatable bonds is 43. The number of esters is 3. The average molecular weight is 871 g/mol. The van der Waals surface area contributed by atoms with Crippen molar-refractivity contribution in [3.8, 4) is 0 Å². The summed E-state index contributed by atoms with van der Waals surface area (Å²) in [6, 6.07) is 0. The lowest BCUT2D eigenvalue weighted by Crippen LogP contribution is -2.30. The van der Waals surface area contributed by atoms with Gasteiger partial charge < -0.3 is 14.2 Å². The van der Waals surface area contributed by atoms with Crippen LogP contribution in [0.25, 0.3) is 0 Å². The second kappa shape index (κ2) is 50.5. The van der Waals surface area contributed by atoms with Crippen LogP contribution >= 0.6 is 0 Å². The minimum Gasteiger partial charge on any atom is -0.462 e. The van der Waals surface area contributed by atoms with E-state index in [0.29, 0.717) is 12.8 Å². The van der Waals surface area contributed by atoms with Crippen LogP contribution in [0.5, 0.6) is 0 Å². The molecular weight excluding hydrogens is 781 g/mol. The normalized spacial score (nSPS) is 13.1. The Kier molecular flexibility index (Phi) is 47.1. The maximum atomic E-state index is 12.8. The van der Waals surface area contributed by atoms with Gasteiger partial charge in [-0.1, -0.05) is 206 Å². The summed E-state index contributed by atoms with van der Waals surface area (Å²) in [5.41, 5.74) is 0. The zero-order chi connectivity index (χ0) is 45.8. The van der Waals surface area contributed by atoms with Crippen LogP contribution in [0.2, 0.25) is 0 Å². The second-order valence-electron chi connectivity index (χ2n) is 16.1. The molecule has 0 spiro atoms. The molecule has 0 aromatic rings. The number of allylic oxidation sites excluding steroid dienone is 20. The molecule has 0 saturated heterocycles. The SMILES string of the molecule is CC/C=C/C=C/C=C/C=C/CCCCCC(=O)OCC(COC(=O)CCCCCCC/C=C/C=C/C=C/CCCCCCC)OC(=O)CCCCCC/C=C/C/C=C/C/C=C/CC. The maximum absolute atomic E-state index is 12.8. The molecule has 0 bridgehead atoms. The Morgan fingerprint density at radius 3 is 1.17 bits per heavy atom. The molecule has 354 valence electrons. The molecule has 0 radical (unpaired) electrons. The van der Waals surface area contributed by atoms with E-state index in [4.69, 9.17) is 14.2 Å². The van der Waals surface area contributed by atoms with Gasteiger partial charge in [0.2, 0.25) is 0 Å². The van der Waals surface area contributed by atoms with Gasteiger partial charge in [-0.3, -0.25) is 14.4 Å². The molecule has 0 heterocycles. The third-order valence-electron chi connectivity index (χ3n) is 10.1. The number of carbonyl (C=O) groups excluding carboxylic acids is 3. The first kappa shape index (κ1) is 58.8. The predicted molar refractivity (Wildman–Crippen MR) is 269 cm³/mol. The number of carbonyl (C=O) groups is 3. The first-order valence-corrected chi connectivity index (χ1v) is 25.1. The fraction of sp³-hybridized carbons (Fsp3) is 0.596. The summed E-state index contributed by atoms with van der Waals surface area (Å²) in [4.78, 5) is 37.9. The third-order valence-corrected chi connectivity index (χ3v) is 10.1. The monoisotopic (exact) mass is 871 g/mol. The molecule has 0 aromatic heterocycles. The van der Waals surface area contributed by atoms with Gasteiger partial charge in [0.15, 0.2) is 6.10 Å². The summed E-state index contributed by atoms with van der Waals surface area (Å²) in [5.74, 6) is -1.00. The lowest BCUT2D eigenvalue weighted by Gasteiger charge is -2.18. The van der Waals surface area contributed by atoms with Crippen LogP contribution in [-0.4, -0.2) is 37.2 Å². The Hall–Kier alpha value is -4.19. The third kappa shape index (κ3) is 48.7. The quantitative estimate of drug-likeness (QED) is 0.0200. The zero-order valence-corrected chi connectivity index (χ0v) is 40.3. The summed E-state index contributed by atoms with van der Waals surface area (Å²) >= 11 is 0. The van der Waals surface area contributed by atoms with Crippen LogP contribution in [0, 0.1) is 0 Å². The van der Waals surface area contributed by atoms with Gasteiger partial charge >= 0.3 is 17.9 Å². The van der Waals surface area contributed by atoms with Crippen molar-refractivity contribution < 1.29 is 28.6 Å². The smallest absolute Gasteiger partial charge is 0.306 e. The van der Waals surface area contributed by atoms with E-state index in [1.807, 2.05) is 36.5 Å². The van der Waals surface area contributed by atoms with Gasteiger partial charge in [0, 0.05) is 19.3 Å². The molecule has 6 nitrogen and oxygen atoms in total. The summed E-state index contributed by atoms with van der Waals surface area (Å²) in [5, 5.41) is 0. The Balaban J connectivity index is 4.53. The highest BCUT2D eigenvalue weighted by atomic mass is 16.6. The van der Waals surface area contributed by atoms with Crippen molar-refractivity contribution in [3.05, 3.63) is 122 Å². The summed E-state index contributed by atoms with van der Waals surface area (Å²) < 4.78 is 16.7. The number of unbranched alkanes of at least 4 members (excludes halogenated alkanes) is 17. The Morgan fingerprint density at radius 1 is 0.349 bits per heavy atom. The van der Waals surface area contributed by atoms with Crippen LogP contribution in [0.1, 0.15) is 201 Å². The molecule has 63 heavy (non-hydrogen) atoms. The fourth-order valence-corrected chi connectivity index (χ4v) is 6.35. The van der Waals surface area contributed by atoms with Crippen molar-refractivity contribution in [1.29, 1.82) is 0 Å². The van der Waals surface area contributed by atoms with Crippen LogP contribution in [0.3, 0.4) is 0 Å². The lowest BCUT2D eigenvalue weighted by molar-refractivity contribution is -0.167. The first-order chi connectivity index (χ1) is 31.0. The van der Waals surface area contributed by atoms with Crippen molar-refractivity contribution in [2.75, 3.05) is 13.2 Å². The average Bonchev–Trinajstić information content (AvgIpc) is 3.28. The summed E-state index contributed by atoms with van der Waals surface area (Å²) in [7, 11) is 0. The maximum Gasteiger partial charge on any atom is 0.306 e. The Morgan fingerprint density at radius 2 is 0.698 bits per heavy atom. The van der Waals surface area contributed by atoms with E-state index in [1.54, 1.807) is 0 Å². The number of hydrogen-bond donors (Lipinski definition) is 0. The molecule has 0 aliphatic heterocycles. The molecule has 1 atom stereocenters. The molecule has 0 saturated carbocycles. The topological polar surface area (TPSA) is 78.9 Å². The Labute approximate surface area is 386 Å². The zero-order valence-electron chi connectivity index (χ0n) is 40.3.